The van der Waals surface area contributed by atoms with E-state index in [0.717, 1.165) is 12.8 Å². The zero-order valence-corrected chi connectivity index (χ0v) is 13.3. The highest BCUT2D eigenvalue weighted by Crippen LogP contribution is 2.39. The van der Waals surface area contributed by atoms with Crippen LogP contribution in [0.15, 0.2) is 0 Å². The van der Waals surface area contributed by atoms with Gasteiger partial charge in [0.1, 0.15) is 0 Å². The summed E-state index contributed by atoms with van der Waals surface area (Å²) in [5, 5.41) is 11.9. The van der Waals surface area contributed by atoms with Gasteiger partial charge in [-0.05, 0) is 19.1 Å². The van der Waals surface area contributed by atoms with Gasteiger partial charge in [0, 0.05) is 17.8 Å². The van der Waals surface area contributed by atoms with Crippen LogP contribution in [-0.4, -0.2) is 65.4 Å². The van der Waals surface area contributed by atoms with E-state index in [9.17, 15) is 9.59 Å². The first-order valence-corrected chi connectivity index (χ1v) is 8.68. The minimum atomic E-state index is -0.903. The largest absolute Gasteiger partial charge is 0.481 e. The average molecular weight is 316 g/mol. The molecule has 7 heteroatoms. The summed E-state index contributed by atoms with van der Waals surface area (Å²) in [4.78, 5) is 24.9. The predicted molar refractivity (Wildman–Crippen MR) is 81.7 cm³/mol. The molecule has 2 aliphatic rings. The SMILES string of the molecule is CSC1(CNC(=O)N2CCOCC2CC(=O)O)CCCC1. The Balaban J connectivity index is 1.89. The first-order valence-electron chi connectivity index (χ1n) is 7.45. The summed E-state index contributed by atoms with van der Waals surface area (Å²) in [6.07, 6.45) is 6.73. The molecule has 2 amide bonds. The number of carbonyl (C=O) groups is 2. The average Bonchev–Trinajstić information content (AvgIpc) is 2.94. The van der Waals surface area contributed by atoms with Crippen LogP contribution in [0.2, 0.25) is 0 Å². The molecule has 1 aliphatic heterocycles. The van der Waals surface area contributed by atoms with Crippen LogP contribution < -0.4 is 5.32 Å². The molecule has 0 aromatic heterocycles. The Labute approximate surface area is 129 Å². The lowest BCUT2D eigenvalue weighted by atomic mass is 10.1. The second-order valence-electron chi connectivity index (χ2n) is 5.77. The van der Waals surface area contributed by atoms with Crippen LogP contribution in [0, 0.1) is 0 Å². The van der Waals surface area contributed by atoms with Crippen molar-refractivity contribution in [3.05, 3.63) is 0 Å². The maximum Gasteiger partial charge on any atom is 0.317 e. The van der Waals surface area contributed by atoms with Gasteiger partial charge >= 0.3 is 12.0 Å². The monoisotopic (exact) mass is 316 g/mol. The first-order chi connectivity index (χ1) is 10.1. The summed E-state index contributed by atoms with van der Waals surface area (Å²) >= 11 is 1.83. The minimum Gasteiger partial charge on any atom is -0.481 e. The lowest BCUT2D eigenvalue weighted by molar-refractivity contribution is -0.139. The molecule has 0 aromatic rings. The van der Waals surface area contributed by atoms with Crippen molar-refractivity contribution in [2.24, 2.45) is 0 Å². The fourth-order valence-electron chi connectivity index (χ4n) is 3.10. The molecule has 0 bridgehead atoms. The molecule has 2 N–H and O–H groups in total. The van der Waals surface area contributed by atoms with Crippen LogP contribution in [-0.2, 0) is 9.53 Å². The van der Waals surface area contributed by atoms with Crippen molar-refractivity contribution < 1.29 is 19.4 Å². The Kier molecular flexibility index (Phi) is 5.75. The molecular weight excluding hydrogens is 292 g/mol. The molecule has 0 aromatic carbocycles. The maximum atomic E-state index is 12.4. The third kappa shape index (κ3) is 4.26. The number of urea groups is 1. The van der Waals surface area contributed by atoms with Crippen LogP contribution in [0.5, 0.6) is 0 Å². The van der Waals surface area contributed by atoms with E-state index >= 15 is 0 Å². The quantitative estimate of drug-likeness (QED) is 0.804. The molecule has 1 aliphatic carbocycles. The van der Waals surface area contributed by atoms with Gasteiger partial charge in [-0.25, -0.2) is 4.79 Å². The third-order valence-corrected chi connectivity index (χ3v) is 5.83. The molecule has 1 saturated heterocycles. The number of hydrogen-bond acceptors (Lipinski definition) is 4. The molecule has 120 valence electrons. The van der Waals surface area contributed by atoms with Gasteiger partial charge in [0.05, 0.1) is 25.7 Å². The first kappa shape index (κ1) is 16.4. The lowest BCUT2D eigenvalue weighted by Crippen LogP contribution is -2.54. The molecule has 6 nitrogen and oxygen atoms in total. The van der Waals surface area contributed by atoms with E-state index in [4.69, 9.17) is 9.84 Å². The molecule has 2 rings (SSSR count). The fraction of sp³-hybridized carbons (Fsp3) is 0.857. The van der Waals surface area contributed by atoms with E-state index in [0.29, 0.717) is 26.3 Å². The molecule has 1 unspecified atom stereocenters. The lowest BCUT2D eigenvalue weighted by Gasteiger charge is -2.36. The third-order valence-electron chi connectivity index (χ3n) is 4.41. The van der Waals surface area contributed by atoms with Gasteiger partial charge in [0.15, 0.2) is 0 Å². The highest BCUT2D eigenvalue weighted by Gasteiger charge is 2.35. The summed E-state index contributed by atoms with van der Waals surface area (Å²) < 4.78 is 5.45. The molecule has 0 spiro atoms. The number of nitrogens with one attached hydrogen (secondary N) is 1. The standard InChI is InChI=1S/C14H24N2O4S/c1-21-14(4-2-3-5-14)10-15-13(19)16-6-7-20-9-11(16)8-12(17)18/h11H,2-10H2,1H3,(H,15,19)(H,17,18). The van der Waals surface area contributed by atoms with Crippen molar-refractivity contribution in [3.63, 3.8) is 0 Å². The molecular formula is C14H24N2O4S. The number of carboxylic acid groups (broad SMARTS) is 1. The Bertz CT molecular complexity index is 385. The molecule has 1 heterocycles. The zero-order valence-electron chi connectivity index (χ0n) is 12.5. The van der Waals surface area contributed by atoms with Crippen LogP contribution >= 0.6 is 11.8 Å². The normalized spacial score (nSPS) is 24.8. The van der Waals surface area contributed by atoms with E-state index in [1.54, 1.807) is 4.90 Å². The Morgan fingerprint density at radius 2 is 2.14 bits per heavy atom. The Morgan fingerprint density at radius 3 is 2.76 bits per heavy atom. The van der Waals surface area contributed by atoms with Crippen molar-refractivity contribution in [2.75, 3.05) is 32.6 Å². The van der Waals surface area contributed by atoms with Gasteiger partial charge < -0.3 is 20.1 Å². The molecule has 0 radical (unpaired) electrons. The summed E-state index contributed by atoms with van der Waals surface area (Å²) in [7, 11) is 0. The van der Waals surface area contributed by atoms with Gasteiger partial charge in [0.2, 0.25) is 0 Å². The Morgan fingerprint density at radius 1 is 1.43 bits per heavy atom. The molecule has 1 atom stereocenters. The summed E-state index contributed by atoms with van der Waals surface area (Å²) in [5.41, 5.74) is 0. The number of thioether (sulfide) groups is 1. The number of ether oxygens (including phenoxy) is 1. The number of amides is 2. The zero-order chi connectivity index (χ0) is 15.3. The van der Waals surface area contributed by atoms with Crippen LogP contribution in [0.25, 0.3) is 0 Å². The Hall–Kier alpha value is -0.950. The summed E-state index contributed by atoms with van der Waals surface area (Å²) in [6.45, 7) is 1.88. The van der Waals surface area contributed by atoms with E-state index < -0.39 is 5.97 Å². The highest BCUT2D eigenvalue weighted by molar-refractivity contribution is 8.00. The maximum absolute atomic E-state index is 12.4. The number of carboxylic acids is 1. The van der Waals surface area contributed by atoms with E-state index in [1.165, 1.54) is 12.8 Å². The fourth-order valence-corrected chi connectivity index (χ4v) is 4.02. The van der Waals surface area contributed by atoms with Gasteiger partial charge in [-0.1, -0.05) is 12.8 Å². The molecule has 2 fully saturated rings. The smallest absolute Gasteiger partial charge is 0.317 e. The van der Waals surface area contributed by atoms with Crippen molar-refractivity contribution in [3.8, 4) is 0 Å². The van der Waals surface area contributed by atoms with E-state index in [1.807, 2.05) is 11.8 Å². The van der Waals surface area contributed by atoms with E-state index in [2.05, 4.69) is 11.6 Å². The second kappa shape index (κ2) is 7.35. The predicted octanol–water partition coefficient (Wildman–Crippen LogP) is 1.55. The number of carbonyl (C=O) groups excluding carboxylic acids is 1. The number of hydrogen-bond donors (Lipinski definition) is 2. The topological polar surface area (TPSA) is 78.9 Å². The van der Waals surface area contributed by atoms with Crippen molar-refractivity contribution in [2.45, 2.75) is 42.9 Å². The number of aliphatic carboxylic acids is 1. The summed E-state index contributed by atoms with van der Waals surface area (Å²) in [5.74, 6) is -0.903. The van der Waals surface area contributed by atoms with Crippen molar-refractivity contribution in [1.29, 1.82) is 0 Å². The van der Waals surface area contributed by atoms with Gasteiger partial charge in [-0.2, -0.15) is 11.8 Å². The van der Waals surface area contributed by atoms with Crippen LogP contribution in [0.3, 0.4) is 0 Å². The van der Waals surface area contributed by atoms with Gasteiger partial charge in [0.25, 0.3) is 0 Å². The van der Waals surface area contributed by atoms with Crippen LogP contribution in [0.1, 0.15) is 32.1 Å². The number of morpholine rings is 1. The van der Waals surface area contributed by atoms with Crippen molar-refractivity contribution in [1.82, 2.24) is 10.2 Å². The number of nitrogens with zero attached hydrogens (tertiary/aromatic N) is 1. The number of rotatable bonds is 5. The van der Waals surface area contributed by atoms with E-state index in [-0.39, 0.29) is 23.2 Å². The molecule has 21 heavy (non-hydrogen) atoms. The second-order valence-corrected chi connectivity index (χ2v) is 7.05. The highest BCUT2D eigenvalue weighted by atomic mass is 32.2. The summed E-state index contributed by atoms with van der Waals surface area (Å²) in [6, 6.07) is -0.532. The molecule has 1 saturated carbocycles. The van der Waals surface area contributed by atoms with Crippen molar-refractivity contribution >= 4 is 23.8 Å². The van der Waals surface area contributed by atoms with Gasteiger partial charge in [-0.15, -0.1) is 0 Å². The minimum absolute atomic E-state index is 0.0684. The van der Waals surface area contributed by atoms with Gasteiger partial charge in [-0.3, -0.25) is 4.79 Å². The van der Waals surface area contributed by atoms with Crippen LogP contribution in [0.4, 0.5) is 4.79 Å².